The van der Waals surface area contributed by atoms with Crippen LogP contribution in [-0.2, 0) is 0 Å². The number of nitrogens with zero attached hydrogens (tertiary/aromatic N) is 1. The van der Waals surface area contributed by atoms with E-state index in [-0.39, 0.29) is 12.0 Å². The first-order chi connectivity index (χ1) is 7.65. The molecule has 2 rings (SSSR count). The van der Waals surface area contributed by atoms with E-state index in [1.165, 1.54) is 12.8 Å². The third-order valence-corrected chi connectivity index (χ3v) is 3.55. The van der Waals surface area contributed by atoms with Crippen LogP contribution < -0.4 is 11.1 Å². The quantitative estimate of drug-likeness (QED) is 0.774. The third kappa shape index (κ3) is 2.65. The number of nitrogen functional groups attached to an aromatic ring is 1. The van der Waals surface area contributed by atoms with Crippen LogP contribution in [0.3, 0.4) is 0 Å². The Balaban J connectivity index is 1.94. The van der Waals surface area contributed by atoms with Gasteiger partial charge in [0, 0.05) is 23.8 Å². The number of hydrogen-bond donors (Lipinski definition) is 3. The van der Waals surface area contributed by atoms with Crippen LogP contribution in [-0.4, -0.2) is 23.2 Å². The van der Waals surface area contributed by atoms with Crippen molar-refractivity contribution < 1.29 is 5.11 Å². The number of pyridine rings is 1. The van der Waals surface area contributed by atoms with Gasteiger partial charge in [-0.3, -0.25) is 0 Å². The minimum absolute atomic E-state index is 0.255. The molecule has 1 saturated carbocycles. The molecule has 4 N–H and O–H groups in total. The maximum atomic E-state index is 8.96. The van der Waals surface area contributed by atoms with Crippen molar-refractivity contribution in [2.45, 2.75) is 19.3 Å². The lowest BCUT2D eigenvalue weighted by Crippen LogP contribution is -2.18. The fourth-order valence-corrected chi connectivity index (χ4v) is 2.15. The first-order valence-electron chi connectivity index (χ1n) is 5.41. The summed E-state index contributed by atoms with van der Waals surface area (Å²) in [7, 11) is 0. The summed E-state index contributed by atoms with van der Waals surface area (Å²) in [6.45, 7) is 1.09. The highest BCUT2D eigenvalue weighted by atomic mass is 79.9. The van der Waals surface area contributed by atoms with Gasteiger partial charge in [0.15, 0.2) is 0 Å². The number of rotatable bonds is 5. The Kier molecular flexibility index (Phi) is 3.35. The molecular weight excluding hydrogens is 270 g/mol. The van der Waals surface area contributed by atoms with Gasteiger partial charge in [0.25, 0.3) is 0 Å². The normalized spacial score (nSPS) is 17.1. The van der Waals surface area contributed by atoms with E-state index in [0.29, 0.717) is 5.69 Å². The number of aromatic nitrogens is 1. The summed E-state index contributed by atoms with van der Waals surface area (Å²) in [5.74, 6) is 0.729. The second-order valence-electron chi connectivity index (χ2n) is 4.42. The molecule has 0 radical (unpaired) electrons. The fraction of sp³-hybridized carbons (Fsp3) is 0.545. The highest BCUT2D eigenvalue weighted by molar-refractivity contribution is 9.10. The van der Waals surface area contributed by atoms with E-state index < -0.39 is 0 Å². The molecule has 0 amide bonds. The molecule has 0 aliphatic heterocycles. The summed E-state index contributed by atoms with van der Waals surface area (Å²) in [4.78, 5) is 4.22. The largest absolute Gasteiger partial charge is 0.396 e. The molecule has 0 bridgehead atoms. The second kappa shape index (κ2) is 4.59. The third-order valence-electron chi connectivity index (χ3n) is 3.11. The molecule has 0 aromatic carbocycles. The molecule has 1 aliphatic carbocycles. The molecule has 1 aromatic rings. The number of aliphatic hydroxyl groups is 1. The van der Waals surface area contributed by atoms with Gasteiger partial charge in [-0.05, 0) is 46.7 Å². The van der Waals surface area contributed by atoms with Crippen molar-refractivity contribution in [3.8, 4) is 0 Å². The predicted molar refractivity (Wildman–Crippen MR) is 68.2 cm³/mol. The number of halogens is 1. The molecule has 1 aromatic heterocycles. The molecule has 0 atom stereocenters. The van der Waals surface area contributed by atoms with Gasteiger partial charge in [-0.15, -0.1) is 0 Å². The Bertz CT molecular complexity index is 379. The van der Waals surface area contributed by atoms with Crippen molar-refractivity contribution in [2.24, 2.45) is 5.41 Å². The minimum atomic E-state index is 0.255. The fourth-order valence-electron chi connectivity index (χ4n) is 1.80. The summed E-state index contributed by atoms with van der Waals surface area (Å²) in [5, 5.41) is 12.2. The van der Waals surface area contributed by atoms with E-state index >= 15 is 0 Å². The highest BCUT2D eigenvalue weighted by Crippen LogP contribution is 2.48. The summed E-state index contributed by atoms with van der Waals surface area (Å²) >= 11 is 3.32. The van der Waals surface area contributed by atoms with Crippen LogP contribution in [0.25, 0.3) is 0 Å². The van der Waals surface area contributed by atoms with E-state index in [1.807, 2.05) is 6.07 Å². The van der Waals surface area contributed by atoms with E-state index in [9.17, 15) is 0 Å². The van der Waals surface area contributed by atoms with Gasteiger partial charge >= 0.3 is 0 Å². The van der Waals surface area contributed by atoms with Crippen molar-refractivity contribution in [1.82, 2.24) is 4.98 Å². The molecular formula is C11H16BrN3O. The zero-order chi connectivity index (χ0) is 11.6. The van der Waals surface area contributed by atoms with Gasteiger partial charge in [0.2, 0.25) is 0 Å². The van der Waals surface area contributed by atoms with Crippen molar-refractivity contribution >= 4 is 27.4 Å². The van der Waals surface area contributed by atoms with Crippen molar-refractivity contribution in [1.29, 1.82) is 0 Å². The van der Waals surface area contributed by atoms with Gasteiger partial charge in [0.05, 0.1) is 5.69 Å². The van der Waals surface area contributed by atoms with Crippen LogP contribution in [0.15, 0.2) is 16.7 Å². The molecule has 16 heavy (non-hydrogen) atoms. The Labute approximate surface area is 103 Å². The molecule has 4 nitrogen and oxygen atoms in total. The summed E-state index contributed by atoms with van der Waals surface area (Å²) in [6, 6.07) is 1.83. The van der Waals surface area contributed by atoms with Crippen LogP contribution in [0.2, 0.25) is 0 Å². The lowest BCUT2D eigenvalue weighted by atomic mass is 10.0. The van der Waals surface area contributed by atoms with Crippen LogP contribution in [0.5, 0.6) is 0 Å². The smallest absolute Gasteiger partial charge is 0.149 e. The Morgan fingerprint density at radius 2 is 2.31 bits per heavy atom. The molecule has 1 heterocycles. The number of hydrogen-bond acceptors (Lipinski definition) is 4. The highest BCUT2D eigenvalue weighted by Gasteiger charge is 2.41. The lowest BCUT2D eigenvalue weighted by molar-refractivity contribution is 0.253. The molecule has 1 fully saturated rings. The average molecular weight is 286 g/mol. The predicted octanol–water partition coefficient (Wildman–Crippen LogP) is 2.00. The Morgan fingerprint density at radius 1 is 1.56 bits per heavy atom. The monoisotopic (exact) mass is 285 g/mol. The Morgan fingerprint density at radius 3 is 2.88 bits per heavy atom. The Hall–Kier alpha value is -0.810. The second-order valence-corrected chi connectivity index (χ2v) is 5.33. The van der Waals surface area contributed by atoms with Gasteiger partial charge in [-0.25, -0.2) is 4.98 Å². The number of aliphatic hydroxyl groups excluding tert-OH is 1. The first kappa shape index (κ1) is 11.7. The van der Waals surface area contributed by atoms with E-state index in [0.717, 1.165) is 23.3 Å². The van der Waals surface area contributed by atoms with Crippen molar-refractivity contribution in [3.63, 3.8) is 0 Å². The zero-order valence-electron chi connectivity index (χ0n) is 9.04. The van der Waals surface area contributed by atoms with E-state index in [4.69, 9.17) is 10.8 Å². The maximum absolute atomic E-state index is 8.96. The van der Waals surface area contributed by atoms with E-state index in [1.54, 1.807) is 6.20 Å². The van der Waals surface area contributed by atoms with Crippen LogP contribution in [0.4, 0.5) is 11.5 Å². The van der Waals surface area contributed by atoms with Gasteiger partial charge in [-0.1, -0.05) is 0 Å². The zero-order valence-corrected chi connectivity index (χ0v) is 10.6. The minimum Gasteiger partial charge on any atom is -0.396 e. The van der Waals surface area contributed by atoms with Crippen LogP contribution in [0.1, 0.15) is 19.3 Å². The molecule has 1 aliphatic rings. The van der Waals surface area contributed by atoms with Gasteiger partial charge in [0.1, 0.15) is 5.82 Å². The SMILES string of the molecule is Nc1cc(Br)cnc1NCC1(CCO)CC1. The van der Waals surface area contributed by atoms with Crippen LogP contribution >= 0.6 is 15.9 Å². The van der Waals surface area contributed by atoms with Gasteiger partial charge in [-0.2, -0.15) is 0 Å². The van der Waals surface area contributed by atoms with Crippen LogP contribution in [0, 0.1) is 5.41 Å². The standard InChI is InChI=1S/C11H16BrN3O/c12-8-5-9(13)10(14-6-8)15-7-11(1-2-11)3-4-16/h5-6,16H,1-4,7,13H2,(H,14,15). The first-order valence-corrected chi connectivity index (χ1v) is 6.20. The number of nitrogens with two attached hydrogens (primary N) is 1. The molecule has 5 heteroatoms. The van der Waals surface area contributed by atoms with Gasteiger partial charge < -0.3 is 16.2 Å². The summed E-state index contributed by atoms with van der Waals surface area (Å²) in [6.07, 6.45) is 4.94. The number of anilines is 2. The lowest BCUT2D eigenvalue weighted by Gasteiger charge is -2.15. The summed E-state index contributed by atoms with van der Waals surface area (Å²) in [5.41, 5.74) is 6.76. The molecule has 0 spiro atoms. The average Bonchev–Trinajstić information content (AvgIpc) is 2.98. The maximum Gasteiger partial charge on any atom is 0.149 e. The van der Waals surface area contributed by atoms with Crippen molar-refractivity contribution in [3.05, 3.63) is 16.7 Å². The van der Waals surface area contributed by atoms with E-state index in [2.05, 4.69) is 26.2 Å². The number of nitrogens with one attached hydrogen (secondary N) is 1. The molecule has 0 saturated heterocycles. The topological polar surface area (TPSA) is 71.2 Å². The molecule has 0 unspecified atom stereocenters. The molecule has 88 valence electrons. The van der Waals surface area contributed by atoms with Crippen molar-refractivity contribution in [2.75, 3.05) is 24.2 Å². The summed E-state index contributed by atoms with van der Waals surface area (Å²) < 4.78 is 0.882.